The van der Waals surface area contributed by atoms with Gasteiger partial charge in [-0.05, 0) is 56.4 Å². The molecule has 1 heterocycles. The standard InChI is InChI=1S/C23H26N2O5/c1-15-6-7-17(3)19(11-15)22(26)14-30-23(27)18-8-9-20(21(12-18)25(28)29)24-10-4-5-16(2)13-24/h6-9,11-12,16H,4-5,10,13-14H2,1-3H3/t16-/m1/s1. The average molecular weight is 410 g/mol. The van der Waals surface area contributed by atoms with E-state index >= 15 is 0 Å². The fourth-order valence-electron chi connectivity index (χ4n) is 3.80. The van der Waals surface area contributed by atoms with Crippen molar-refractivity contribution >= 4 is 23.1 Å². The molecule has 0 radical (unpaired) electrons. The topological polar surface area (TPSA) is 89.8 Å². The number of nitro groups is 1. The van der Waals surface area contributed by atoms with Crippen molar-refractivity contribution in [1.82, 2.24) is 0 Å². The molecule has 1 saturated heterocycles. The van der Waals surface area contributed by atoms with E-state index < -0.39 is 17.5 Å². The van der Waals surface area contributed by atoms with Crippen LogP contribution >= 0.6 is 0 Å². The molecule has 1 atom stereocenters. The van der Waals surface area contributed by atoms with Crippen molar-refractivity contribution in [3.05, 3.63) is 68.8 Å². The van der Waals surface area contributed by atoms with Gasteiger partial charge in [-0.3, -0.25) is 14.9 Å². The van der Waals surface area contributed by atoms with Gasteiger partial charge in [-0.2, -0.15) is 0 Å². The third kappa shape index (κ3) is 4.84. The number of ether oxygens (including phenoxy) is 1. The number of nitrogens with zero attached hydrogens (tertiary/aromatic N) is 2. The van der Waals surface area contributed by atoms with E-state index in [9.17, 15) is 19.7 Å². The summed E-state index contributed by atoms with van der Waals surface area (Å²) in [6.45, 7) is 6.90. The number of esters is 1. The minimum Gasteiger partial charge on any atom is -0.454 e. The van der Waals surface area contributed by atoms with Crippen LogP contribution in [0.5, 0.6) is 0 Å². The molecule has 2 aromatic rings. The first-order valence-corrected chi connectivity index (χ1v) is 10.1. The van der Waals surface area contributed by atoms with E-state index in [2.05, 4.69) is 6.92 Å². The number of piperidine rings is 1. The molecule has 0 N–H and O–H groups in total. The zero-order chi connectivity index (χ0) is 21.8. The van der Waals surface area contributed by atoms with Gasteiger partial charge in [0.25, 0.3) is 5.69 Å². The highest BCUT2D eigenvalue weighted by atomic mass is 16.6. The molecule has 0 aliphatic carbocycles. The lowest BCUT2D eigenvalue weighted by Crippen LogP contribution is -2.34. The van der Waals surface area contributed by atoms with Crippen molar-refractivity contribution in [3.8, 4) is 0 Å². The predicted molar refractivity (Wildman–Crippen MR) is 114 cm³/mol. The van der Waals surface area contributed by atoms with Gasteiger partial charge in [-0.1, -0.05) is 24.6 Å². The fourth-order valence-corrected chi connectivity index (χ4v) is 3.80. The van der Waals surface area contributed by atoms with Crippen molar-refractivity contribution in [2.75, 3.05) is 24.6 Å². The number of nitro benzene ring substituents is 1. The Morgan fingerprint density at radius 3 is 2.67 bits per heavy atom. The van der Waals surface area contributed by atoms with Crippen molar-refractivity contribution in [3.63, 3.8) is 0 Å². The lowest BCUT2D eigenvalue weighted by atomic mass is 9.99. The Morgan fingerprint density at radius 1 is 1.20 bits per heavy atom. The van der Waals surface area contributed by atoms with Crippen LogP contribution in [0.3, 0.4) is 0 Å². The summed E-state index contributed by atoms with van der Waals surface area (Å²) in [4.78, 5) is 38.0. The molecular weight excluding hydrogens is 384 g/mol. The van der Waals surface area contributed by atoms with Crippen LogP contribution in [0.25, 0.3) is 0 Å². The Balaban J connectivity index is 1.74. The molecule has 3 rings (SSSR count). The molecule has 1 aliphatic heterocycles. The summed E-state index contributed by atoms with van der Waals surface area (Å²) < 4.78 is 5.15. The third-order valence-corrected chi connectivity index (χ3v) is 5.43. The number of carbonyl (C=O) groups excluding carboxylic acids is 2. The van der Waals surface area contributed by atoms with E-state index in [0.29, 0.717) is 17.2 Å². The second-order valence-electron chi connectivity index (χ2n) is 7.97. The molecule has 1 aliphatic rings. The first-order chi connectivity index (χ1) is 14.3. The van der Waals surface area contributed by atoms with Crippen LogP contribution in [0.2, 0.25) is 0 Å². The second kappa shape index (κ2) is 9.07. The Bertz CT molecular complexity index is 986. The van der Waals surface area contributed by atoms with Gasteiger partial charge in [0.1, 0.15) is 5.69 Å². The highest BCUT2D eigenvalue weighted by Crippen LogP contribution is 2.32. The molecule has 2 aromatic carbocycles. The van der Waals surface area contributed by atoms with Gasteiger partial charge >= 0.3 is 5.97 Å². The van der Waals surface area contributed by atoms with E-state index in [0.717, 1.165) is 37.1 Å². The van der Waals surface area contributed by atoms with Gasteiger partial charge < -0.3 is 9.64 Å². The van der Waals surface area contributed by atoms with Crippen LogP contribution in [-0.2, 0) is 4.74 Å². The number of Topliss-reactive ketones (excluding diaryl/α,β-unsaturated/α-hetero) is 1. The number of carbonyl (C=O) groups is 2. The van der Waals surface area contributed by atoms with Crippen molar-refractivity contribution in [2.24, 2.45) is 5.92 Å². The molecule has 7 heteroatoms. The maximum atomic E-state index is 12.4. The summed E-state index contributed by atoms with van der Waals surface area (Å²) in [6.07, 6.45) is 2.08. The molecule has 0 bridgehead atoms. The van der Waals surface area contributed by atoms with Crippen molar-refractivity contribution in [2.45, 2.75) is 33.6 Å². The fraction of sp³-hybridized carbons (Fsp3) is 0.391. The highest BCUT2D eigenvalue weighted by molar-refractivity contribution is 6.00. The summed E-state index contributed by atoms with van der Waals surface area (Å²) >= 11 is 0. The molecule has 7 nitrogen and oxygen atoms in total. The summed E-state index contributed by atoms with van der Waals surface area (Å²) in [5.41, 5.74) is 2.69. The van der Waals surface area contributed by atoms with Crippen LogP contribution in [0.4, 0.5) is 11.4 Å². The zero-order valence-corrected chi connectivity index (χ0v) is 17.5. The van der Waals surface area contributed by atoms with E-state index in [1.807, 2.05) is 30.9 Å². The van der Waals surface area contributed by atoms with Crippen LogP contribution in [0.1, 0.15) is 51.6 Å². The average Bonchev–Trinajstić information content (AvgIpc) is 2.73. The Kier molecular flexibility index (Phi) is 6.50. The Labute approximate surface area is 175 Å². The van der Waals surface area contributed by atoms with E-state index in [1.165, 1.54) is 12.1 Å². The molecule has 0 saturated carbocycles. The number of ketones is 1. The summed E-state index contributed by atoms with van der Waals surface area (Å²) in [7, 11) is 0. The molecule has 0 amide bonds. The first kappa shape index (κ1) is 21.5. The van der Waals surface area contributed by atoms with Crippen LogP contribution in [-0.4, -0.2) is 36.4 Å². The lowest BCUT2D eigenvalue weighted by molar-refractivity contribution is -0.384. The molecule has 0 spiro atoms. The quantitative estimate of drug-likeness (QED) is 0.302. The molecule has 1 fully saturated rings. The van der Waals surface area contributed by atoms with E-state index in [4.69, 9.17) is 4.74 Å². The summed E-state index contributed by atoms with van der Waals surface area (Å²) in [5, 5.41) is 11.6. The first-order valence-electron chi connectivity index (χ1n) is 10.1. The monoisotopic (exact) mass is 410 g/mol. The van der Waals surface area contributed by atoms with E-state index in [1.54, 1.807) is 12.1 Å². The smallest absolute Gasteiger partial charge is 0.338 e. The summed E-state index contributed by atoms with van der Waals surface area (Å²) in [6, 6.07) is 9.85. The van der Waals surface area contributed by atoms with Gasteiger partial charge in [-0.25, -0.2) is 4.79 Å². The number of anilines is 1. The Hall–Kier alpha value is -3.22. The second-order valence-corrected chi connectivity index (χ2v) is 7.97. The molecular formula is C23H26N2O5. The minimum atomic E-state index is -0.754. The van der Waals surface area contributed by atoms with Gasteiger partial charge in [0.15, 0.2) is 6.61 Å². The summed E-state index contributed by atoms with van der Waals surface area (Å²) in [5.74, 6) is -0.604. The van der Waals surface area contributed by atoms with Crippen LogP contribution in [0, 0.1) is 29.9 Å². The number of benzene rings is 2. The predicted octanol–water partition coefficient (Wildman–Crippen LogP) is 4.49. The normalized spacial score (nSPS) is 16.2. The maximum absolute atomic E-state index is 12.4. The molecule has 158 valence electrons. The maximum Gasteiger partial charge on any atom is 0.338 e. The van der Waals surface area contributed by atoms with Gasteiger partial charge in [0, 0.05) is 24.7 Å². The number of aryl methyl sites for hydroxylation is 2. The van der Waals surface area contributed by atoms with Crippen molar-refractivity contribution in [1.29, 1.82) is 0 Å². The molecule has 0 unspecified atom stereocenters. The van der Waals surface area contributed by atoms with Gasteiger partial charge in [0.2, 0.25) is 5.78 Å². The third-order valence-electron chi connectivity index (χ3n) is 5.43. The SMILES string of the molecule is Cc1ccc(C)c(C(=O)COC(=O)c2ccc(N3CCC[C@@H](C)C3)c([N+](=O)[O-])c2)c1. The number of hydrogen-bond acceptors (Lipinski definition) is 6. The Morgan fingerprint density at radius 2 is 1.97 bits per heavy atom. The number of hydrogen-bond donors (Lipinski definition) is 0. The zero-order valence-electron chi connectivity index (χ0n) is 17.5. The number of rotatable bonds is 6. The van der Waals surface area contributed by atoms with E-state index in [-0.39, 0.29) is 17.0 Å². The van der Waals surface area contributed by atoms with Crippen molar-refractivity contribution < 1.29 is 19.2 Å². The lowest BCUT2D eigenvalue weighted by Gasteiger charge is -2.32. The van der Waals surface area contributed by atoms with Gasteiger partial charge in [-0.15, -0.1) is 0 Å². The van der Waals surface area contributed by atoms with Crippen LogP contribution in [0.15, 0.2) is 36.4 Å². The van der Waals surface area contributed by atoms with Crippen LogP contribution < -0.4 is 4.90 Å². The largest absolute Gasteiger partial charge is 0.454 e. The minimum absolute atomic E-state index is 0.0595. The molecule has 0 aromatic heterocycles. The van der Waals surface area contributed by atoms with Gasteiger partial charge in [0.05, 0.1) is 10.5 Å². The highest BCUT2D eigenvalue weighted by Gasteiger charge is 2.25. The molecule has 30 heavy (non-hydrogen) atoms.